The Kier molecular flexibility index (Phi) is 6.19. The second kappa shape index (κ2) is 8.39. The van der Waals surface area contributed by atoms with Crippen LogP contribution in [0, 0.1) is 0 Å². The summed E-state index contributed by atoms with van der Waals surface area (Å²) in [5, 5.41) is 0. The van der Waals surface area contributed by atoms with E-state index in [0.717, 1.165) is 30.6 Å². The molecule has 0 fully saturated rings. The SMILES string of the molecule is CCCOc1cncc(C(CCc2ccccc2)NN)c1. The maximum Gasteiger partial charge on any atom is 0.137 e. The fourth-order valence-corrected chi connectivity index (χ4v) is 2.23. The highest BCUT2D eigenvalue weighted by Crippen LogP contribution is 2.21. The summed E-state index contributed by atoms with van der Waals surface area (Å²) in [6.45, 7) is 2.79. The summed E-state index contributed by atoms with van der Waals surface area (Å²) >= 11 is 0. The number of hydrogen-bond acceptors (Lipinski definition) is 4. The van der Waals surface area contributed by atoms with E-state index in [9.17, 15) is 0 Å². The molecule has 0 saturated carbocycles. The molecule has 0 aliphatic carbocycles. The summed E-state index contributed by atoms with van der Waals surface area (Å²) < 4.78 is 5.62. The van der Waals surface area contributed by atoms with E-state index in [1.165, 1.54) is 5.56 Å². The number of nitrogens with zero attached hydrogens (tertiary/aromatic N) is 1. The lowest BCUT2D eigenvalue weighted by molar-refractivity contribution is 0.315. The molecule has 4 nitrogen and oxygen atoms in total. The third-order valence-electron chi connectivity index (χ3n) is 3.38. The number of hydrogen-bond donors (Lipinski definition) is 2. The van der Waals surface area contributed by atoms with Gasteiger partial charge >= 0.3 is 0 Å². The molecule has 2 rings (SSSR count). The fraction of sp³-hybridized carbons (Fsp3) is 0.353. The van der Waals surface area contributed by atoms with E-state index >= 15 is 0 Å². The van der Waals surface area contributed by atoms with Crippen molar-refractivity contribution in [2.24, 2.45) is 5.84 Å². The largest absolute Gasteiger partial charge is 0.492 e. The van der Waals surface area contributed by atoms with Gasteiger partial charge in [0.15, 0.2) is 0 Å². The molecular formula is C17H23N3O. The van der Waals surface area contributed by atoms with Crippen molar-refractivity contribution in [3.05, 3.63) is 59.9 Å². The zero-order valence-electron chi connectivity index (χ0n) is 12.5. The van der Waals surface area contributed by atoms with Gasteiger partial charge in [-0.3, -0.25) is 16.3 Å². The Bertz CT molecular complexity index is 531. The van der Waals surface area contributed by atoms with Crippen molar-refractivity contribution >= 4 is 0 Å². The van der Waals surface area contributed by atoms with E-state index in [1.54, 1.807) is 6.20 Å². The van der Waals surface area contributed by atoms with E-state index < -0.39 is 0 Å². The minimum Gasteiger partial charge on any atom is -0.492 e. The van der Waals surface area contributed by atoms with E-state index in [0.29, 0.717) is 6.61 Å². The zero-order valence-corrected chi connectivity index (χ0v) is 12.5. The van der Waals surface area contributed by atoms with Crippen LogP contribution in [-0.4, -0.2) is 11.6 Å². The predicted octanol–water partition coefficient (Wildman–Crippen LogP) is 3.01. The molecule has 1 aromatic heterocycles. The van der Waals surface area contributed by atoms with E-state index in [-0.39, 0.29) is 6.04 Å². The van der Waals surface area contributed by atoms with E-state index in [2.05, 4.69) is 41.6 Å². The van der Waals surface area contributed by atoms with Gasteiger partial charge < -0.3 is 4.74 Å². The number of hydrazine groups is 1. The third kappa shape index (κ3) is 4.85. The van der Waals surface area contributed by atoms with Crippen LogP contribution in [0.2, 0.25) is 0 Å². The van der Waals surface area contributed by atoms with Crippen molar-refractivity contribution in [1.29, 1.82) is 0 Å². The summed E-state index contributed by atoms with van der Waals surface area (Å²) in [5.41, 5.74) is 5.24. The van der Waals surface area contributed by atoms with Crippen LogP contribution in [0.4, 0.5) is 0 Å². The fourth-order valence-electron chi connectivity index (χ4n) is 2.23. The van der Waals surface area contributed by atoms with Crippen LogP contribution < -0.4 is 16.0 Å². The van der Waals surface area contributed by atoms with Gasteiger partial charge in [-0.15, -0.1) is 0 Å². The third-order valence-corrected chi connectivity index (χ3v) is 3.38. The van der Waals surface area contributed by atoms with Crippen LogP contribution >= 0.6 is 0 Å². The Morgan fingerprint density at radius 2 is 2.05 bits per heavy atom. The molecule has 0 saturated heterocycles. The Balaban J connectivity index is 1.99. The van der Waals surface area contributed by atoms with Crippen LogP contribution in [0.5, 0.6) is 5.75 Å². The highest BCUT2D eigenvalue weighted by atomic mass is 16.5. The first-order valence-corrected chi connectivity index (χ1v) is 7.41. The first-order valence-electron chi connectivity index (χ1n) is 7.41. The summed E-state index contributed by atoms with van der Waals surface area (Å²) in [6, 6.07) is 12.5. The molecule has 0 bridgehead atoms. The van der Waals surface area contributed by atoms with Crippen molar-refractivity contribution in [1.82, 2.24) is 10.4 Å². The summed E-state index contributed by atoms with van der Waals surface area (Å²) in [7, 11) is 0. The summed E-state index contributed by atoms with van der Waals surface area (Å²) in [5.74, 6) is 6.50. The lowest BCUT2D eigenvalue weighted by Gasteiger charge is -2.17. The molecule has 1 unspecified atom stereocenters. The number of pyridine rings is 1. The lowest BCUT2D eigenvalue weighted by atomic mass is 10.0. The van der Waals surface area contributed by atoms with Crippen LogP contribution in [0.1, 0.15) is 36.9 Å². The standard InChI is InChI=1S/C17H23N3O/c1-2-10-21-16-11-15(12-19-13-16)17(20-18)9-8-14-6-4-3-5-7-14/h3-7,11-13,17,20H,2,8-10,18H2,1H3. The maximum absolute atomic E-state index is 5.70. The summed E-state index contributed by atoms with van der Waals surface area (Å²) in [6.07, 6.45) is 6.45. The highest BCUT2D eigenvalue weighted by Gasteiger charge is 2.11. The van der Waals surface area contributed by atoms with Gasteiger partial charge in [-0.05, 0) is 36.5 Å². The number of aromatic nitrogens is 1. The Morgan fingerprint density at radius 3 is 2.76 bits per heavy atom. The average molecular weight is 285 g/mol. The first-order chi connectivity index (χ1) is 10.3. The molecule has 4 heteroatoms. The molecular weight excluding hydrogens is 262 g/mol. The van der Waals surface area contributed by atoms with Gasteiger partial charge in [-0.1, -0.05) is 37.3 Å². The number of ether oxygens (including phenoxy) is 1. The lowest BCUT2D eigenvalue weighted by Crippen LogP contribution is -2.28. The van der Waals surface area contributed by atoms with Crippen molar-refractivity contribution in [2.45, 2.75) is 32.2 Å². The van der Waals surface area contributed by atoms with Crippen LogP contribution in [0.15, 0.2) is 48.8 Å². The molecule has 0 spiro atoms. The van der Waals surface area contributed by atoms with Gasteiger partial charge in [-0.2, -0.15) is 0 Å². The van der Waals surface area contributed by atoms with Gasteiger partial charge in [0.2, 0.25) is 0 Å². The quantitative estimate of drug-likeness (QED) is 0.578. The van der Waals surface area contributed by atoms with Gasteiger partial charge in [0.1, 0.15) is 5.75 Å². The maximum atomic E-state index is 5.70. The second-order valence-electron chi connectivity index (χ2n) is 5.05. The predicted molar refractivity (Wildman–Crippen MR) is 84.9 cm³/mol. The smallest absolute Gasteiger partial charge is 0.137 e. The van der Waals surface area contributed by atoms with E-state index in [4.69, 9.17) is 10.6 Å². The minimum atomic E-state index is 0.0721. The van der Waals surface area contributed by atoms with Crippen molar-refractivity contribution in [3.63, 3.8) is 0 Å². The molecule has 1 aromatic carbocycles. The van der Waals surface area contributed by atoms with Crippen LogP contribution in [-0.2, 0) is 6.42 Å². The van der Waals surface area contributed by atoms with Crippen LogP contribution in [0.3, 0.4) is 0 Å². The first kappa shape index (κ1) is 15.5. The molecule has 0 radical (unpaired) electrons. The molecule has 2 aromatic rings. The van der Waals surface area contributed by atoms with Gasteiger partial charge in [0.25, 0.3) is 0 Å². The number of aryl methyl sites for hydroxylation is 1. The zero-order chi connectivity index (χ0) is 14.9. The molecule has 0 aliphatic rings. The van der Waals surface area contributed by atoms with Gasteiger partial charge in [-0.25, -0.2) is 0 Å². The topological polar surface area (TPSA) is 60.2 Å². The monoisotopic (exact) mass is 285 g/mol. The Labute approximate surface area is 126 Å². The molecule has 112 valence electrons. The van der Waals surface area contributed by atoms with Crippen molar-refractivity contribution in [3.8, 4) is 5.75 Å². The van der Waals surface area contributed by atoms with Crippen molar-refractivity contribution in [2.75, 3.05) is 6.61 Å². The molecule has 21 heavy (non-hydrogen) atoms. The molecule has 3 N–H and O–H groups in total. The average Bonchev–Trinajstić information content (AvgIpc) is 2.55. The highest BCUT2D eigenvalue weighted by molar-refractivity contribution is 5.26. The van der Waals surface area contributed by atoms with Crippen LogP contribution in [0.25, 0.3) is 0 Å². The molecule has 0 aliphatic heterocycles. The normalized spacial score (nSPS) is 12.1. The van der Waals surface area contributed by atoms with E-state index in [1.807, 2.05) is 18.3 Å². The number of nitrogens with one attached hydrogen (secondary N) is 1. The second-order valence-corrected chi connectivity index (χ2v) is 5.05. The van der Waals surface area contributed by atoms with Gasteiger partial charge in [0.05, 0.1) is 12.8 Å². The number of benzene rings is 1. The molecule has 1 heterocycles. The Morgan fingerprint density at radius 1 is 1.24 bits per heavy atom. The minimum absolute atomic E-state index is 0.0721. The number of nitrogens with two attached hydrogens (primary N) is 1. The van der Waals surface area contributed by atoms with Crippen molar-refractivity contribution < 1.29 is 4.74 Å². The summed E-state index contributed by atoms with van der Waals surface area (Å²) in [4.78, 5) is 4.24. The Hall–Kier alpha value is -1.91. The molecule has 1 atom stereocenters. The molecule has 0 amide bonds. The van der Waals surface area contributed by atoms with Gasteiger partial charge in [0, 0.05) is 12.2 Å². The number of rotatable bonds is 8.